The monoisotopic (exact) mass is 434 g/mol. The predicted molar refractivity (Wildman–Crippen MR) is 113 cm³/mol. The van der Waals surface area contributed by atoms with E-state index >= 15 is 0 Å². The molecule has 0 radical (unpaired) electrons. The van der Waals surface area contributed by atoms with Crippen LogP contribution in [0.15, 0.2) is 35.5 Å². The molecule has 29 heavy (non-hydrogen) atoms. The van der Waals surface area contributed by atoms with Crippen LogP contribution in [-0.2, 0) is 14.6 Å². The van der Waals surface area contributed by atoms with Gasteiger partial charge in [-0.25, -0.2) is 18.1 Å². The lowest BCUT2D eigenvalue weighted by Crippen LogP contribution is -2.42. The van der Waals surface area contributed by atoms with Crippen LogP contribution in [0.25, 0.3) is 5.69 Å². The zero-order valence-corrected chi connectivity index (χ0v) is 18.2. The van der Waals surface area contributed by atoms with Crippen molar-refractivity contribution in [3.63, 3.8) is 0 Å². The number of aromatic nitrogens is 3. The number of amides is 1. The first-order chi connectivity index (χ1) is 14.0. The summed E-state index contributed by atoms with van der Waals surface area (Å²) in [4.78, 5) is 19.3. The van der Waals surface area contributed by atoms with Gasteiger partial charge in [-0.2, -0.15) is 0 Å². The standard InChI is InChI=1S/C20H26N4O3S2/c1-2-11-23(17-10-12-29(26,27)14-17)18(25)13-28-20-21-19(15-8-9-15)24(22-20)16-6-4-3-5-7-16/h3-7,15,17H,2,8-14H2,1H3/t17-/m1/s1. The number of para-hydroxylation sites is 1. The Balaban J connectivity index is 1.46. The third-order valence-electron chi connectivity index (χ3n) is 5.31. The zero-order valence-electron chi connectivity index (χ0n) is 16.5. The number of rotatable bonds is 8. The summed E-state index contributed by atoms with van der Waals surface area (Å²) in [7, 11) is -3.02. The van der Waals surface area contributed by atoms with Gasteiger partial charge in [-0.1, -0.05) is 36.9 Å². The Kier molecular flexibility index (Phi) is 5.96. The van der Waals surface area contributed by atoms with Crippen LogP contribution in [-0.4, -0.2) is 63.8 Å². The Labute approximate surface area is 175 Å². The highest BCUT2D eigenvalue weighted by atomic mass is 32.2. The van der Waals surface area contributed by atoms with Crippen molar-refractivity contribution in [2.75, 3.05) is 23.8 Å². The quantitative estimate of drug-likeness (QED) is 0.594. The molecule has 2 aliphatic rings. The molecule has 156 valence electrons. The average molecular weight is 435 g/mol. The summed E-state index contributed by atoms with van der Waals surface area (Å²) in [6, 6.07) is 9.72. The second kappa shape index (κ2) is 8.47. The highest BCUT2D eigenvalue weighted by Crippen LogP contribution is 2.40. The molecule has 0 spiro atoms. The molecule has 1 aliphatic heterocycles. The fourth-order valence-corrected chi connectivity index (χ4v) is 6.16. The molecule has 9 heteroatoms. The number of sulfone groups is 1. The molecule has 1 saturated heterocycles. The van der Waals surface area contributed by atoms with Crippen molar-refractivity contribution in [1.29, 1.82) is 0 Å². The van der Waals surface area contributed by atoms with Gasteiger partial charge in [0.1, 0.15) is 5.82 Å². The van der Waals surface area contributed by atoms with E-state index in [1.807, 2.05) is 41.9 Å². The smallest absolute Gasteiger partial charge is 0.233 e. The number of carbonyl (C=O) groups excluding carboxylic acids is 1. The number of nitrogens with zero attached hydrogens (tertiary/aromatic N) is 4. The Bertz CT molecular complexity index is 971. The molecule has 1 atom stereocenters. The van der Waals surface area contributed by atoms with Crippen LogP contribution in [0.3, 0.4) is 0 Å². The van der Waals surface area contributed by atoms with E-state index in [-0.39, 0.29) is 29.2 Å². The molecule has 0 bridgehead atoms. The fourth-order valence-electron chi connectivity index (χ4n) is 3.71. The van der Waals surface area contributed by atoms with Crippen LogP contribution in [0.5, 0.6) is 0 Å². The number of carbonyl (C=O) groups is 1. The van der Waals surface area contributed by atoms with E-state index in [9.17, 15) is 13.2 Å². The summed E-state index contributed by atoms with van der Waals surface area (Å²) in [6.07, 6.45) is 3.58. The molecule has 2 heterocycles. The van der Waals surface area contributed by atoms with Gasteiger partial charge in [-0.05, 0) is 37.8 Å². The molecule has 2 fully saturated rings. The molecule has 1 aliphatic carbocycles. The van der Waals surface area contributed by atoms with E-state index in [0.717, 1.165) is 30.8 Å². The third-order valence-corrected chi connectivity index (χ3v) is 7.89. The summed E-state index contributed by atoms with van der Waals surface area (Å²) in [5, 5.41) is 5.24. The third kappa shape index (κ3) is 4.83. The molecule has 1 aromatic heterocycles. The normalized spacial score (nSPS) is 20.7. The van der Waals surface area contributed by atoms with Crippen molar-refractivity contribution in [1.82, 2.24) is 19.7 Å². The van der Waals surface area contributed by atoms with Crippen LogP contribution < -0.4 is 0 Å². The maximum absolute atomic E-state index is 12.9. The first-order valence-electron chi connectivity index (χ1n) is 10.1. The van der Waals surface area contributed by atoms with E-state index in [0.29, 0.717) is 24.0 Å². The molecule has 0 N–H and O–H groups in total. The first kappa shape index (κ1) is 20.4. The van der Waals surface area contributed by atoms with Crippen molar-refractivity contribution in [2.24, 2.45) is 0 Å². The number of thioether (sulfide) groups is 1. The Morgan fingerprint density at radius 1 is 1.24 bits per heavy atom. The van der Waals surface area contributed by atoms with Crippen LogP contribution >= 0.6 is 11.8 Å². The molecule has 1 amide bonds. The minimum absolute atomic E-state index is 0.0389. The zero-order chi connectivity index (χ0) is 20.4. The van der Waals surface area contributed by atoms with Crippen LogP contribution in [0.2, 0.25) is 0 Å². The number of hydrogen-bond donors (Lipinski definition) is 0. The van der Waals surface area contributed by atoms with E-state index in [4.69, 9.17) is 4.98 Å². The van der Waals surface area contributed by atoms with Gasteiger partial charge in [0, 0.05) is 18.5 Å². The number of hydrogen-bond acceptors (Lipinski definition) is 6. The van der Waals surface area contributed by atoms with Crippen molar-refractivity contribution in [2.45, 2.75) is 49.7 Å². The minimum Gasteiger partial charge on any atom is -0.338 e. The van der Waals surface area contributed by atoms with Crippen molar-refractivity contribution in [3.05, 3.63) is 36.2 Å². The van der Waals surface area contributed by atoms with Crippen LogP contribution in [0.4, 0.5) is 0 Å². The van der Waals surface area contributed by atoms with E-state index in [1.54, 1.807) is 4.90 Å². The molecule has 2 aromatic rings. The summed E-state index contributed by atoms with van der Waals surface area (Å²) in [5.41, 5.74) is 0.976. The highest BCUT2D eigenvalue weighted by Gasteiger charge is 2.34. The Morgan fingerprint density at radius 2 is 2.00 bits per heavy atom. The second-order valence-electron chi connectivity index (χ2n) is 7.71. The second-order valence-corrected chi connectivity index (χ2v) is 10.9. The van der Waals surface area contributed by atoms with Gasteiger partial charge in [-0.15, -0.1) is 5.10 Å². The van der Waals surface area contributed by atoms with Gasteiger partial charge in [0.25, 0.3) is 0 Å². The van der Waals surface area contributed by atoms with Crippen LogP contribution in [0.1, 0.15) is 44.3 Å². The van der Waals surface area contributed by atoms with Gasteiger partial charge < -0.3 is 4.90 Å². The highest BCUT2D eigenvalue weighted by molar-refractivity contribution is 7.99. The summed E-state index contributed by atoms with van der Waals surface area (Å²) >= 11 is 1.33. The number of benzene rings is 1. The van der Waals surface area contributed by atoms with Gasteiger partial charge in [0.05, 0.1) is 22.9 Å². The van der Waals surface area contributed by atoms with Gasteiger partial charge in [-0.3, -0.25) is 4.79 Å². The molecular formula is C20H26N4O3S2. The Morgan fingerprint density at radius 3 is 2.62 bits per heavy atom. The maximum Gasteiger partial charge on any atom is 0.233 e. The first-order valence-corrected chi connectivity index (χ1v) is 12.9. The molecule has 1 aromatic carbocycles. The topological polar surface area (TPSA) is 85.2 Å². The maximum atomic E-state index is 12.9. The predicted octanol–water partition coefficient (Wildman–Crippen LogP) is 2.66. The molecule has 7 nitrogen and oxygen atoms in total. The minimum atomic E-state index is -3.02. The van der Waals surface area contributed by atoms with Gasteiger partial charge in [0.15, 0.2) is 9.84 Å². The van der Waals surface area contributed by atoms with Crippen molar-refractivity contribution >= 4 is 27.5 Å². The summed E-state index contributed by atoms with van der Waals surface area (Å²) < 4.78 is 25.5. The lowest BCUT2D eigenvalue weighted by Gasteiger charge is -2.27. The largest absolute Gasteiger partial charge is 0.338 e. The van der Waals surface area contributed by atoms with Gasteiger partial charge in [0.2, 0.25) is 11.1 Å². The lowest BCUT2D eigenvalue weighted by molar-refractivity contribution is -0.130. The molecular weight excluding hydrogens is 408 g/mol. The summed E-state index contributed by atoms with van der Waals surface area (Å²) in [6.45, 7) is 2.58. The van der Waals surface area contributed by atoms with E-state index < -0.39 is 9.84 Å². The molecule has 0 unspecified atom stereocenters. The SMILES string of the molecule is CCCN(C(=O)CSc1nc(C2CC2)n(-c2ccccc2)n1)[C@@H]1CCS(=O)(=O)C1. The van der Waals surface area contributed by atoms with Gasteiger partial charge >= 0.3 is 0 Å². The summed E-state index contributed by atoms with van der Waals surface area (Å²) in [5.74, 6) is 1.83. The van der Waals surface area contributed by atoms with E-state index in [2.05, 4.69) is 5.10 Å². The molecule has 1 saturated carbocycles. The van der Waals surface area contributed by atoms with Crippen molar-refractivity contribution < 1.29 is 13.2 Å². The average Bonchev–Trinajstić information content (AvgIpc) is 3.37. The molecule has 4 rings (SSSR count). The van der Waals surface area contributed by atoms with Crippen LogP contribution in [0, 0.1) is 0 Å². The van der Waals surface area contributed by atoms with Crippen molar-refractivity contribution in [3.8, 4) is 5.69 Å². The Hall–Kier alpha value is -1.87. The van der Waals surface area contributed by atoms with E-state index in [1.165, 1.54) is 11.8 Å². The lowest BCUT2D eigenvalue weighted by atomic mass is 10.2. The fraction of sp³-hybridized carbons (Fsp3) is 0.550.